The molecular formula is C25H22N4O5. The van der Waals surface area contributed by atoms with Gasteiger partial charge in [-0.25, -0.2) is 14.6 Å². The van der Waals surface area contributed by atoms with E-state index in [1.165, 1.54) is 9.13 Å². The van der Waals surface area contributed by atoms with Crippen LogP contribution in [0.4, 0.5) is 0 Å². The van der Waals surface area contributed by atoms with Crippen molar-refractivity contribution in [3.05, 3.63) is 85.8 Å². The number of carbonyl (C=O) groups is 2. The van der Waals surface area contributed by atoms with Crippen LogP contribution in [0.15, 0.2) is 52.1 Å². The Morgan fingerprint density at radius 1 is 1.03 bits per heavy atom. The standard InChI is InChI=1S/C25H22N4O5/c1-3-4-11-29-22-20(23(31)27-25(29)33)28(2)19(26-22)13-34-24(32)14-9-10-16-15-7-5-6-8-17(15)21(30)18(16)12-14/h5-10,12H,3-4,11,13H2,1-2H3,(H,27,31,33). The van der Waals surface area contributed by atoms with Crippen LogP contribution < -0.4 is 11.2 Å². The largest absolute Gasteiger partial charge is 0.454 e. The molecule has 1 N–H and O–H groups in total. The summed E-state index contributed by atoms with van der Waals surface area (Å²) in [5.74, 6) is -0.412. The summed E-state index contributed by atoms with van der Waals surface area (Å²) in [6, 6.07) is 12.2. The SMILES string of the molecule is CCCCn1c(=O)[nH]c(=O)c2c1nc(COC(=O)c1ccc3c(c1)C(=O)c1ccccc1-3)n2C. The molecule has 2 heterocycles. The zero-order valence-electron chi connectivity index (χ0n) is 18.8. The van der Waals surface area contributed by atoms with Gasteiger partial charge in [-0.05, 0) is 29.7 Å². The number of esters is 1. The van der Waals surface area contributed by atoms with Crippen molar-refractivity contribution in [3.63, 3.8) is 0 Å². The van der Waals surface area contributed by atoms with Crippen molar-refractivity contribution in [1.82, 2.24) is 19.1 Å². The van der Waals surface area contributed by atoms with E-state index in [1.807, 2.05) is 25.1 Å². The number of hydrogen-bond acceptors (Lipinski definition) is 6. The van der Waals surface area contributed by atoms with Gasteiger partial charge in [-0.1, -0.05) is 43.7 Å². The number of fused-ring (bicyclic) bond motifs is 4. The second-order valence-corrected chi connectivity index (χ2v) is 8.23. The highest BCUT2D eigenvalue weighted by Gasteiger charge is 2.27. The second kappa shape index (κ2) is 8.26. The number of benzene rings is 2. The maximum atomic E-state index is 12.8. The lowest BCUT2D eigenvalue weighted by Gasteiger charge is -2.06. The molecule has 0 aliphatic heterocycles. The van der Waals surface area contributed by atoms with E-state index in [-0.39, 0.29) is 29.1 Å². The van der Waals surface area contributed by atoms with E-state index >= 15 is 0 Å². The van der Waals surface area contributed by atoms with Crippen molar-refractivity contribution in [2.45, 2.75) is 32.9 Å². The number of rotatable bonds is 6. The summed E-state index contributed by atoms with van der Waals surface area (Å²) in [7, 11) is 1.63. The molecule has 172 valence electrons. The van der Waals surface area contributed by atoms with Gasteiger partial charge in [0.15, 0.2) is 16.9 Å². The average molecular weight is 458 g/mol. The van der Waals surface area contributed by atoms with Crippen LogP contribution in [0.3, 0.4) is 0 Å². The number of H-pyrrole nitrogens is 1. The normalized spacial score (nSPS) is 12.1. The molecule has 1 aliphatic rings. The van der Waals surface area contributed by atoms with E-state index in [9.17, 15) is 19.2 Å². The third-order valence-electron chi connectivity index (χ3n) is 6.14. The fourth-order valence-corrected chi connectivity index (χ4v) is 4.31. The van der Waals surface area contributed by atoms with Crippen LogP contribution >= 0.6 is 0 Å². The number of carbonyl (C=O) groups excluding carboxylic acids is 2. The molecular weight excluding hydrogens is 436 g/mol. The first-order valence-electron chi connectivity index (χ1n) is 11.0. The van der Waals surface area contributed by atoms with E-state index < -0.39 is 17.2 Å². The molecule has 4 aromatic rings. The van der Waals surface area contributed by atoms with E-state index in [2.05, 4.69) is 9.97 Å². The van der Waals surface area contributed by atoms with Gasteiger partial charge in [-0.2, -0.15) is 0 Å². The molecule has 0 saturated carbocycles. The summed E-state index contributed by atoms with van der Waals surface area (Å²) in [6.07, 6.45) is 1.63. The van der Waals surface area contributed by atoms with Crippen molar-refractivity contribution in [1.29, 1.82) is 0 Å². The van der Waals surface area contributed by atoms with Gasteiger partial charge in [0.25, 0.3) is 5.56 Å². The average Bonchev–Trinajstić information content (AvgIpc) is 3.32. The molecule has 5 rings (SSSR count). The van der Waals surface area contributed by atoms with Gasteiger partial charge in [0.05, 0.1) is 5.56 Å². The topological polar surface area (TPSA) is 116 Å². The van der Waals surface area contributed by atoms with Gasteiger partial charge in [0.2, 0.25) is 0 Å². The molecule has 34 heavy (non-hydrogen) atoms. The van der Waals surface area contributed by atoms with Gasteiger partial charge in [0.1, 0.15) is 12.4 Å². The number of ketones is 1. The Bertz CT molecular complexity index is 1590. The molecule has 0 spiro atoms. The predicted molar refractivity (Wildman–Crippen MR) is 125 cm³/mol. The monoisotopic (exact) mass is 458 g/mol. The smallest absolute Gasteiger partial charge is 0.338 e. The maximum absolute atomic E-state index is 12.8. The van der Waals surface area contributed by atoms with Crippen LogP contribution in [0.5, 0.6) is 0 Å². The Hall–Kier alpha value is -4.27. The van der Waals surface area contributed by atoms with Crippen LogP contribution in [0.2, 0.25) is 0 Å². The Balaban J connectivity index is 1.41. The minimum Gasteiger partial charge on any atom is -0.454 e. The van der Waals surface area contributed by atoms with E-state index in [0.717, 1.165) is 24.0 Å². The first-order chi connectivity index (χ1) is 16.4. The minimum atomic E-state index is -0.615. The van der Waals surface area contributed by atoms with E-state index in [4.69, 9.17) is 4.74 Å². The molecule has 0 atom stereocenters. The van der Waals surface area contributed by atoms with Gasteiger partial charge < -0.3 is 9.30 Å². The summed E-state index contributed by atoms with van der Waals surface area (Å²) in [5, 5.41) is 0. The van der Waals surface area contributed by atoms with Crippen LogP contribution in [-0.2, 0) is 24.9 Å². The van der Waals surface area contributed by atoms with Crippen LogP contribution in [0, 0.1) is 0 Å². The molecule has 0 bridgehead atoms. The highest BCUT2D eigenvalue weighted by atomic mass is 16.5. The Labute approximate surface area is 193 Å². The van der Waals surface area contributed by atoms with Crippen molar-refractivity contribution in [3.8, 4) is 11.1 Å². The number of imidazole rings is 1. The van der Waals surface area contributed by atoms with E-state index in [1.54, 1.807) is 31.3 Å². The Morgan fingerprint density at radius 2 is 1.76 bits per heavy atom. The summed E-state index contributed by atoms with van der Waals surface area (Å²) in [6.45, 7) is 2.23. The molecule has 9 nitrogen and oxygen atoms in total. The van der Waals surface area contributed by atoms with Crippen molar-refractivity contribution >= 4 is 22.9 Å². The van der Waals surface area contributed by atoms with Gasteiger partial charge in [-0.15, -0.1) is 0 Å². The number of aromatic amines is 1. The molecule has 9 heteroatoms. The lowest BCUT2D eigenvalue weighted by Crippen LogP contribution is -2.31. The lowest BCUT2D eigenvalue weighted by molar-refractivity contribution is 0.0459. The number of unbranched alkanes of at least 4 members (excludes halogenated alkanes) is 1. The van der Waals surface area contributed by atoms with Crippen LogP contribution in [-0.4, -0.2) is 30.9 Å². The van der Waals surface area contributed by atoms with Crippen molar-refractivity contribution in [2.75, 3.05) is 0 Å². The number of ether oxygens (including phenoxy) is 1. The van der Waals surface area contributed by atoms with Crippen LogP contribution in [0.1, 0.15) is 51.9 Å². The van der Waals surface area contributed by atoms with Crippen molar-refractivity contribution in [2.24, 2.45) is 7.05 Å². The molecule has 0 unspecified atom stereocenters. The zero-order chi connectivity index (χ0) is 24.0. The number of nitrogens with zero attached hydrogens (tertiary/aromatic N) is 3. The summed E-state index contributed by atoms with van der Waals surface area (Å²) in [5.41, 5.74) is 2.40. The van der Waals surface area contributed by atoms with Gasteiger partial charge >= 0.3 is 11.7 Å². The minimum absolute atomic E-state index is 0.125. The molecule has 0 radical (unpaired) electrons. The Morgan fingerprint density at radius 3 is 2.53 bits per heavy atom. The maximum Gasteiger partial charge on any atom is 0.338 e. The number of nitrogens with one attached hydrogen (secondary N) is 1. The fraction of sp³-hybridized carbons (Fsp3) is 0.240. The predicted octanol–water partition coefficient (Wildman–Crippen LogP) is 2.79. The van der Waals surface area contributed by atoms with Crippen molar-refractivity contribution < 1.29 is 14.3 Å². The third kappa shape index (κ3) is 3.37. The molecule has 0 fully saturated rings. The molecule has 0 amide bonds. The molecule has 2 aromatic carbocycles. The lowest BCUT2D eigenvalue weighted by atomic mass is 10.0. The third-order valence-corrected chi connectivity index (χ3v) is 6.14. The quantitative estimate of drug-likeness (QED) is 0.391. The zero-order valence-corrected chi connectivity index (χ0v) is 18.8. The Kier molecular flexibility index (Phi) is 5.24. The van der Waals surface area contributed by atoms with Crippen LogP contribution in [0.25, 0.3) is 22.3 Å². The highest BCUT2D eigenvalue weighted by molar-refractivity contribution is 6.22. The molecule has 0 saturated heterocycles. The van der Waals surface area contributed by atoms with Gasteiger partial charge in [0, 0.05) is 24.7 Å². The number of hydrogen-bond donors (Lipinski definition) is 1. The highest BCUT2D eigenvalue weighted by Crippen LogP contribution is 2.36. The van der Waals surface area contributed by atoms with E-state index in [0.29, 0.717) is 23.5 Å². The molecule has 2 aromatic heterocycles. The number of aromatic nitrogens is 4. The fourth-order valence-electron chi connectivity index (χ4n) is 4.31. The summed E-state index contributed by atoms with van der Waals surface area (Å²) >= 11 is 0. The van der Waals surface area contributed by atoms with Gasteiger partial charge in [-0.3, -0.25) is 19.1 Å². The first kappa shape index (κ1) is 21.6. The summed E-state index contributed by atoms with van der Waals surface area (Å²) < 4.78 is 8.40. The number of aryl methyl sites for hydroxylation is 2. The second-order valence-electron chi connectivity index (χ2n) is 8.23. The first-order valence-corrected chi connectivity index (χ1v) is 11.0. The molecule has 1 aliphatic carbocycles. The summed E-state index contributed by atoms with van der Waals surface area (Å²) in [4.78, 5) is 56.9.